The first kappa shape index (κ1) is 37.9. The van der Waals surface area contributed by atoms with Gasteiger partial charge in [-0.1, -0.05) is 62.4 Å². The molecule has 0 bridgehead atoms. The molecule has 4 heterocycles. The number of hydrogen-bond donors (Lipinski definition) is 0. The second-order valence-electron chi connectivity index (χ2n) is 12.3. The smallest absolute Gasteiger partial charge is 0.276 e. The SMILES string of the molecule is CC.CC1CN(c2ccc(P)cc2)C(=O)c2cc(COc3ccccc3)nn21.O=C1c2cc(COc3ccccc3)nn2CCN1c1ccc(F)c(F)c1. The number of halogens is 2. The Morgan fingerprint density at radius 3 is 1.83 bits per heavy atom. The van der Waals surface area contributed by atoms with Gasteiger partial charge in [0.05, 0.1) is 12.6 Å². The number of fused-ring (bicyclic) bond motifs is 2. The Morgan fingerprint density at radius 1 is 0.667 bits per heavy atom. The van der Waals surface area contributed by atoms with Crippen molar-refractivity contribution in [2.75, 3.05) is 22.9 Å². The maximum absolute atomic E-state index is 13.5. The molecule has 0 aliphatic carbocycles. The van der Waals surface area contributed by atoms with Crippen molar-refractivity contribution in [3.63, 3.8) is 0 Å². The Hall–Kier alpha value is -5.87. The summed E-state index contributed by atoms with van der Waals surface area (Å²) >= 11 is 0. The summed E-state index contributed by atoms with van der Waals surface area (Å²) in [6, 6.07) is 33.9. The number of rotatable bonds is 8. The van der Waals surface area contributed by atoms with Gasteiger partial charge in [-0.15, -0.1) is 9.24 Å². The number of amides is 2. The van der Waals surface area contributed by atoms with Gasteiger partial charge in [-0.2, -0.15) is 10.2 Å². The summed E-state index contributed by atoms with van der Waals surface area (Å²) in [5, 5.41) is 10.1. The Kier molecular flexibility index (Phi) is 12.1. The van der Waals surface area contributed by atoms with Gasteiger partial charge in [-0.3, -0.25) is 19.0 Å². The maximum Gasteiger partial charge on any atom is 0.276 e. The number of carbonyl (C=O) groups excluding carboxylic acids is 2. The van der Waals surface area contributed by atoms with Crippen molar-refractivity contribution >= 4 is 37.7 Å². The average molecular weight is 751 g/mol. The Labute approximate surface area is 315 Å². The molecule has 13 heteroatoms. The molecule has 0 saturated heterocycles. The normalized spacial score (nSPS) is 14.6. The summed E-state index contributed by atoms with van der Waals surface area (Å²) in [4.78, 5) is 28.9. The first-order valence-corrected chi connectivity index (χ1v) is 18.3. The predicted molar refractivity (Wildman–Crippen MR) is 208 cm³/mol. The summed E-state index contributed by atoms with van der Waals surface area (Å²) in [5.74, 6) is -0.751. The van der Waals surface area contributed by atoms with Gasteiger partial charge < -0.3 is 19.3 Å². The number of aromatic nitrogens is 4. The van der Waals surface area contributed by atoms with Crippen LogP contribution in [0.3, 0.4) is 0 Å². The molecule has 2 amide bonds. The van der Waals surface area contributed by atoms with Crippen LogP contribution in [-0.4, -0.2) is 44.5 Å². The van der Waals surface area contributed by atoms with Gasteiger partial charge in [0.25, 0.3) is 11.8 Å². The lowest BCUT2D eigenvalue weighted by molar-refractivity contribution is 0.0949. The summed E-state index contributed by atoms with van der Waals surface area (Å²) in [7, 11) is 2.66. The highest BCUT2D eigenvalue weighted by molar-refractivity contribution is 7.27. The van der Waals surface area contributed by atoms with E-state index >= 15 is 0 Å². The Morgan fingerprint density at radius 2 is 1.22 bits per heavy atom. The molecule has 54 heavy (non-hydrogen) atoms. The van der Waals surface area contributed by atoms with Crippen molar-refractivity contribution in [1.82, 2.24) is 19.6 Å². The third kappa shape index (κ3) is 8.66. The number of benzene rings is 4. The molecule has 8 rings (SSSR count). The van der Waals surface area contributed by atoms with Gasteiger partial charge in [0.2, 0.25) is 0 Å². The van der Waals surface area contributed by atoms with E-state index in [2.05, 4.69) is 26.4 Å². The van der Waals surface area contributed by atoms with Crippen LogP contribution in [0.15, 0.2) is 115 Å². The highest BCUT2D eigenvalue weighted by Gasteiger charge is 2.32. The van der Waals surface area contributed by atoms with Crippen LogP contribution in [0.2, 0.25) is 0 Å². The van der Waals surface area contributed by atoms with E-state index in [0.717, 1.165) is 34.6 Å². The fourth-order valence-electron chi connectivity index (χ4n) is 6.02. The lowest BCUT2D eigenvalue weighted by atomic mass is 10.1. The fourth-order valence-corrected chi connectivity index (χ4v) is 6.21. The Balaban J connectivity index is 0.000000176. The lowest BCUT2D eigenvalue weighted by Gasteiger charge is -2.31. The maximum atomic E-state index is 13.5. The van der Waals surface area contributed by atoms with E-state index in [4.69, 9.17) is 9.47 Å². The van der Waals surface area contributed by atoms with Crippen LogP contribution in [0, 0.1) is 11.6 Å². The number of carbonyl (C=O) groups is 2. The zero-order chi connectivity index (χ0) is 38.2. The third-order valence-electron chi connectivity index (χ3n) is 8.62. The predicted octanol–water partition coefficient (Wildman–Crippen LogP) is 7.61. The third-order valence-corrected chi connectivity index (χ3v) is 9.01. The first-order chi connectivity index (χ1) is 26.2. The number of nitrogens with zero attached hydrogens (tertiary/aromatic N) is 6. The molecule has 2 aliphatic heterocycles. The van der Waals surface area contributed by atoms with Crippen LogP contribution in [0.4, 0.5) is 20.2 Å². The highest BCUT2D eigenvalue weighted by Crippen LogP contribution is 2.27. The molecule has 0 fully saturated rings. The van der Waals surface area contributed by atoms with Crippen LogP contribution in [0.5, 0.6) is 11.5 Å². The molecule has 10 nitrogen and oxygen atoms in total. The standard InChI is InChI=1S/C20H20N3O2P.C19H15F2N3O2.C2H6/c1-14-12-22(16-7-9-18(26)10-8-16)20(24)19-11-15(21-23(14)19)13-25-17-5-3-2-4-6-17;20-16-7-6-14(11-17(16)21)23-8-9-24-18(19(23)25)10-13(22-24)12-26-15-4-2-1-3-5-15;1-2/h2-11,14H,12-13,26H2,1H3;1-7,10-11H,8-9,12H2;1-2H3. The van der Waals surface area contributed by atoms with Gasteiger partial charge in [-0.05, 0) is 72.9 Å². The number of hydrogen-bond acceptors (Lipinski definition) is 6. The van der Waals surface area contributed by atoms with E-state index < -0.39 is 11.6 Å². The summed E-state index contributed by atoms with van der Waals surface area (Å²) < 4.78 is 41.4. The zero-order valence-electron chi connectivity index (χ0n) is 30.2. The number of ether oxygens (including phenoxy) is 2. The number of para-hydroxylation sites is 2. The van der Waals surface area contributed by atoms with Crippen LogP contribution in [0.1, 0.15) is 59.2 Å². The highest BCUT2D eigenvalue weighted by atomic mass is 31.0. The molecule has 6 aromatic rings. The molecule has 2 aliphatic rings. The van der Waals surface area contributed by atoms with Crippen molar-refractivity contribution in [3.05, 3.63) is 150 Å². The second-order valence-corrected chi connectivity index (χ2v) is 13.0. The van der Waals surface area contributed by atoms with Crippen molar-refractivity contribution in [3.8, 4) is 11.5 Å². The number of anilines is 2. The van der Waals surface area contributed by atoms with Gasteiger partial charge in [0.1, 0.15) is 47.5 Å². The largest absolute Gasteiger partial charge is 0.487 e. The fraction of sp³-hybridized carbons (Fsp3) is 0.220. The minimum absolute atomic E-state index is 0.0296. The first-order valence-electron chi connectivity index (χ1n) is 17.7. The van der Waals surface area contributed by atoms with Gasteiger partial charge in [0.15, 0.2) is 11.6 Å². The minimum Gasteiger partial charge on any atom is -0.487 e. The molecule has 0 radical (unpaired) electrons. The van der Waals surface area contributed by atoms with Gasteiger partial charge in [-0.25, -0.2) is 8.78 Å². The Bertz CT molecular complexity index is 2190. The van der Waals surface area contributed by atoms with E-state index in [1.54, 1.807) is 10.7 Å². The van der Waals surface area contributed by atoms with Gasteiger partial charge >= 0.3 is 0 Å². The average Bonchev–Trinajstić information content (AvgIpc) is 3.84. The summed E-state index contributed by atoms with van der Waals surface area (Å²) in [6.45, 7) is 8.04. The topological polar surface area (TPSA) is 94.7 Å². The van der Waals surface area contributed by atoms with Gasteiger partial charge in [0, 0.05) is 30.5 Å². The minimum atomic E-state index is -0.980. The zero-order valence-corrected chi connectivity index (χ0v) is 31.4. The van der Waals surface area contributed by atoms with Crippen molar-refractivity contribution in [2.24, 2.45) is 0 Å². The van der Waals surface area contributed by atoms with E-state index in [1.165, 1.54) is 11.0 Å². The van der Waals surface area contributed by atoms with Crippen LogP contribution >= 0.6 is 9.24 Å². The quantitative estimate of drug-likeness (QED) is 0.149. The molecule has 2 atom stereocenters. The van der Waals surface area contributed by atoms with Crippen molar-refractivity contribution in [1.29, 1.82) is 0 Å². The monoisotopic (exact) mass is 750 g/mol. The molecular formula is C41H41F2N6O4P. The van der Waals surface area contributed by atoms with E-state index in [1.807, 2.05) is 114 Å². The molecule has 2 aromatic heterocycles. The van der Waals surface area contributed by atoms with E-state index in [0.29, 0.717) is 54.8 Å². The molecule has 4 aromatic carbocycles. The summed E-state index contributed by atoms with van der Waals surface area (Å²) in [5.41, 5.74) is 3.61. The van der Waals surface area contributed by atoms with Crippen LogP contribution in [-0.2, 0) is 19.8 Å². The molecule has 278 valence electrons. The molecule has 2 unspecified atom stereocenters. The molecule has 0 N–H and O–H groups in total. The summed E-state index contributed by atoms with van der Waals surface area (Å²) in [6.07, 6.45) is 0. The van der Waals surface area contributed by atoms with E-state index in [9.17, 15) is 18.4 Å². The van der Waals surface area contributed by atoms with Crippen LogP contribution < -0.4 is 24.6 Å². The van der Waals surface area contributed by atoms with E-state index in [-0.39, 0.29) is 24.5 Å². The molecule has 0 spiro atoms. The van der Waals surface area contributed by atoms with Crippen LogP contribution in [0.25, 0.3) is 0 Å². The van der Waals surface area contributed by atoms with Crippen molar-refractivity contribution < 1.29 is 27.8 Å². The molecular weight excluding hydrogens is 709 g/mol. The van der Waals surface area contributed by atoms with Crippen molar-refractivity contribution in [2.45, 2.75) is 46.6 Å². The second kappa shape index (κ2) is 17.3. The molecule has 0 saturated carbocycles. The lowest BCUT2D eigenvalue weighted by Crippen LogP contribution is -2.42.